The van der Waals surface area contributed by atoms with E-state index >= 15 is 0 Å². The number of nitrogens with one attached hydrogen (secondary N) is 3. The predicted molar refractivity (Wildman–Crippen MR) is 170 cm³/mol. The number of benzene rings is 3. The van der Waals surface area contributed by atoms with Crippen LogP contribution in [0.15, 0.2) is 77.7 Å². The summed E-state index contributed by atoms with van der Waals surface area (Å²) >= 11 is 1.40. The van der Waals surface area contributed by atoms with Crippen LogP contribution in [-0.2, 0) is 26.0 Å². The molecule has 0 saturated carbocycles. The molecule has 1 atom stereocenters. The molecule has 0 spiro atoms. The lowest BCUT2D eigenvalue weighted by Gasteiger charge is -2.38. The summed E-state index contributed by atoms with van der Waals surface area (Å²) in [4.78, 5) is 31.2. The summed E-state index contributed by atoms with van der Waals surface area (Å²) in [5.41, 5.74) is 7.46. The van der Waals surface area contributed by atoms with E-state index in [1.807, 2.05) is 30.3 Å². The van der Waals surface area contributed by atoms with E-state index in [9.17, 15) is 18.0 Å². The minimum atomic E-state index is -4.07. The molecule has 230 valence electrons. The van der Waals surface area contributed by atoms with Crippen LogP contribution in [-0.4, -0.2) is 54.8 Å². The van der Waals surface area contributed by atoms with Gasteiger partial charge in [-0.2, -0.15) is 0 Å². The topological polar surface area (TPSA) is 168 Å². The van der Waals surface area contributed by atoms with Crippen LogP contribution in [0.4, 0.5) is 10.5 Å². The third-order valence-electron chi connectivity index (χ3n) is 6.90. The van der Waals surface area contributed by atoms with Crippen molar-refractivity contribution in [1.82, 2.24) is 14.6 Å². The molecule has 3 aromatic carbocycles. The number of thiazole rings is 1. The molecule has 44 heavy (non-hydrogen) atoms. The first-order chi connectivity index (χ1) is 20.8. The number of amides is 2. The van der Waals surface area contributed by atoms with Gasteiger partial charge in [0.2, 0.25) is 15.9 Å². The molecule has 0 bridgehead atoms. The van der Waals surface area contributed by atoms with Crippen LogP contribution in [0.2, 0.25) is 0 Å². The maximum atomic E-state index is 13.7. The zero-order valence-corrected chi connectivity index (χ0v) is 26.2. The molecular formula is C31H34N6O5S2. The Kier molecular flexibility index (Phi) is 8.73. The highest BCUT2D eigenvalue weighted by molar-refractivity contribution is 7.89. The molecule has 1 saturated heterocycles. The van der Waals surface area contributed by atoms with Crippen molar-refractivity contribution in [3.8, 4) is 0 Å². The van der Waals surface area contributed by atoms with Gasteiger partial charge in [0.25, 0.3) is 0 Å². The summed E-state index contributed by atoms with van der Waals surface area (Å²) in [6.45, 7) is 5.76. The number of nitrogens with zero attached hydrogens (tertiary/aromatic N) is 2. The Morgan fingerprint density at radius 1 is 1.09 bits per heavy atom. The van der Waals surface area contributed by atoms with E-state index in [-0.39, 0.29) is 36.1 Å². The Bertz CT molecular complexity index is 1790. The molecule has 4 aromatic rings. The number of hydrogen-bond acceptors (Lipinski definition) is 8. The van der Waals surface area contributed by atoms with Crippen molar-refractivity contribution in [2.75, 3.05) is 18.4 Å². The van der Waals surface area contributed by atoms with Gasteiger partial charge in [0.05, 0.1) is 27.1 Å². The predicted octanol–water partition coefficient (Wildman–Crippen LogP) is 4.65. The van der Waals surface area contributed by atoms with Crippen LogP contribution in [0.3, 0.4) is 0 Å². The Morgan fingerprint density at radius 3 is 2.52 bits per heavy atom. The molecule has 0 radical (unpaired) electrons. The standard InChI is InChI=1S/C31H34N6O5S2/c1-31(2,3)42-30(39)37-17-21(18-37)28(38)34-22-10-7-11-23(16-22)44(40,41)36-25(15-19-8-6-9-20(14-19)27(32)33)29-35-24-12-4-5-13-26(24)43-29/h4-14,16,21,25,36H,15,17-18H2,1-3H3,(H3,32,33)(H,34,38). The number of likely N-dealkylation sites (tertiary alicyclic amines) is 1. The fourth-order valence-corrected chi connectivity index (χ4v) is 7.02. The molecule has 2 heterocycles. The molecule has 0 aliphatic carbocycles. The van der Waals surface area contributed by atoms with Crippen LogP contribution < -0.4 is 15.8 Å². The Labute approximate surface area is 260 Å². The van der Waals surface area contributed by atoms with E-state index < -0.39 is 33.7 Å². The van der Waals surface area contributed by atoms with Crippen molar-refractivity contribution in [1.29, 1.82) is 5.41 Å². The average Bonchev–Trinajstić information content (AvgIpc) is 3.36. The molecule has 1 aliphatic rings. The van der Waals surface area contributed by atoms with E-state index in [0.29, 0.717) is 16.3 Å². The lowest BCUT2D eigenvalue weighted by Crippen LogP contribution is -2.55. The number of ether oxygens (including phenoxy) is 1. The largest absolute Gasteiger partial charge is 0.444 e. The first-order valence-electron chi connectivity index (χ1n) is 14.0. The maximum Gasteiger partial charge on any atom is 0.410 e. The number of fused-ring (bicyclic) bond motifs is 1. The second-order valence-corrected chi connectivity index (χ2v) is 14.4. The summed E-state index contributed by atoms with van der Waals surface area (Å²) < 4.78 is 36.5. The van der Waals surface area contributed by atoms with E-state index in [1.165, 1.54) is 28.4 Å². The van der Waals surface area contributed by atoms with Crippen molar-refractivity contribution in [3.63, 3.8) is 0 Å². The summed E-state index contributed by atoms with van der Waals surface area (Å²) in [6, 6.07) is 20.0. The van der Waals surface area contributed by atoms with E-state index in [4.69, 9.17) is 20.9 Å². The van der Waals surface area contributed by atoms with Gasteiger partial charge in [-0.15, -0.1) is 11.3 Å². The first kappa shape index (κ1) is 31.1. The van der Waals surface area contributed by atoms with Gasteiger partial charge in [0, 0.05) is 24.3 Å². The zero-order valence-electron chi connectivity index (χ0n) is 24.5. The number of carbonyl (C=O) groups is 2. The van der Waals surface area contributed by atoms with E-state index in [1.54, 1.807) is 51.1 Å². The highest BCUT2D eigenvalue weighted by Crippen LogP contribution is 2.30. The molecule has 1 fully saturated rings. The van der Waals surface area contributed by atoms with E-state index in [0.717, 1.165) is 15.8 Å². The zero-order chi connectivity index (χ0) is 31.6. The number of nitrogen functional groups attached to an aromatic ring is 1. The number of hydrogen-bond donors (Lipinski definition) is 4. The number of anilines is 1. The third-order valence-corrected chi connectivity index (χ3v) is 9.52. The first-order valence-corrected chi connectivity index (χ1v) is 16.3. The third kappa shape index (κ3) is 7.41. The van der Waals surface area contributed by atoms with Gasteiger partial charge in [-0.25, -0.2) is 22.9 Å². The highest BCUT2D eigenvalue weighted by Gasteiger charge is 2.38. The van der Waals surface area contributed by atoms with Gasteiger partial charge in [-0.3, -0.25) is 10.2 Å². The second-order valence-electron chi connectivity index (χ2n) is 11.6. The summed E-state index contributed by atoms with van der Waals surface area (Å²) in [7, 11) is -4.07. The van der Waals surface area contributed by atoms with Crippen LogP contribution in [0.25, 0.3) is 10.2 Å². The number of sulfonamides is 1. The Hall–Kier alpha value is -4.33. The fourth-order valence-electron chi connectivity index (χ4n) is 4.68. The number of rotatable bonds is 9. The molecule has 1 unspecified atom stereocenters. The average molecular weight is 635 g/mol. The SMILES string of the molecule is CC(C)(C)OC(=O)N1CC(C(=O)Nc2cccc(S(=O)(=O)NC(Cc3cccc(C(=N)N)c3)c3nc4ccccc4s3)c2)C1. The summed E-state index contributed by atoms with van der Waals surface area (Å²) in [6.07, 6.45) is -0.205. The smallest absolute Gasteiger partial charge is 0.410 e. The summed E-state index contributed by atoms with van der Waals surface area (Å²) in [5, 5.41) is 11.1. The lowest BCUT2D eigenvalue weighted by atomic mass is 10.00. The van der Waals surface area contributed by atoms with Crippen LogP contribution >= 0.6 is 11.3 Å². The minimum absolute atomic E-state index is 0.0251. The molecule has 11 nitrogen and oxygen atoms in total. The van der Waals surface area contributed by atoms with Crippen molar-refractivity contribution in [2.45, 2.75) is 43.7 Å². The monoisotopic (exact) mass is 634 g/mol. The van der Waals surface area contributed by atoms with E-state index in [2.05, 4.69) is 10.0 Å². The fraction of sp³-hybridized carbons (Fsp3) is 0.290. The summed E-state index contributed by atoms with van der Waals surface area (Å²) in [5.74, 6) is -0.831. The molecule has 2 amide bonds. The number of nitrogens with two attached hydrogens (primary N) is 1. The maximum absolute atomic E-state index is 13.7. The number of para-hydroxylation sites is 1. The van der Waals surface area contributed by atoms with Gasteiger partial charge >= 0.3 is 6.09 Å². The van der Waals surface area contributed by atoms with Gasteiger partial charge < -0.3 is 20.7 Å². The van der Waals surface area contributed by atoms with Crippen LogP contribution in [0.5, 0.6) is 0 Å². The molecule has 1 aromatic heterocycles. The highest BCUT2D eigenvalue weighted by atomic mass is 32.2. The van der Waals surface area contributed by atoms with Crippen LogP contribution in [0.1, 0.15) is 42.9 Å². The number of carbonyl (C=O) groups excluding carboxylic acids is 2. The molecule has 5 rings (SSSR count). The van der Waals surface area contributed by atoms with Crippen LogP contribution in [0, 0.1) is 11.3 Å². The van der Waals surface area contributed by atoms with Gasteiger partial charge in [-0.1, -0.05) is 36.4 Å². The molecular weight excluding hydrogens is 601 g/mol. The minimum Gasteiger partial charge on any atom is -0.444 e. The van der Waals surface area contributed by atoms with Gasteiger partial charge in [-0.05, 0) is 69.2 Å². The van der Waals surface area contributed by atoms with Crippen molar-refractivity contribution in [2.24, 2.45) is 11.7 Å². The van der Waals surface area contributed by atoms with Gasteiger partial charge in [0.15, 0.2) is 0 Å². The normalized spacial score (nSPS) is 14.6. The second kappa shape index (κ2) is 12.3. The number of aromatic nitrogens is 1. The molecule has 1 aliphatic heterocycles. The van der Waals surface area contributed by atoms with Crippen molar-refractivity contribution >= 4 is 55.1 Å². The number of amidine groups is 1. The van der Waals surface area contributed by atoms with Gasteiger partial charge in [0.1, 0.15) is 16.4 Å². The molecule has 5 N–H and O–H groups in total. The van der Waals surface area contributed by atoms with Crippen molar-refractivity contribution in [3.05, 3.63) is 88.9 Å². The lowest BCUT2D eigenvalue weighted by molar-refractivity contribution is -0.124. The molecule has 13 heteroatoms. The Morgan fingerprint density at radius 2 is 1.82 bits per heavy atom. The van der Waals surface area contributed by atoms with Crippen molar-refractivity contribution < 1.29 is 22.7 Å². The Balaban J connectivity index is 1.32. The quantitative estimate of drug-likeness (QED) is 0.154.